The Hall–Kier alpha value is -1.51. The van der Waals surface area contributed by atoms with Crippen LogP contribution in [0.4, 0.5) is 0 Å². The van der Waals surface area contributed by atoms with Crippen molar-refractivity contribution >= 4 is 5.91 Å². The van der Waals surface area contributed by atoms with Gasteiger partial charge in [0.15, 0.2) is 0 Å². The molecule has 1 aromatic carbocycles. The van der Waals surface area contributed by atoms with E-state index in [1.54, 1.807) is 0 Å². The molecule has 1 aromatic rings. The second-order valence-electron chi connectivity index (χ2n) is 9.86. The van der Waals surface area contributed by atoms with Crippen LogP contribution in [-0.4, -0.2) is 18.6 Å². The van der Waals surface area contributed by atoms with Crippen molar-refractivity contribution in [1.29, 1.82) is 0 Å². The van der Waals surface area contributed by atoms with E-state index in [2.05, 4.69) is 71.5 Å². The van der Waals surface area contributed by atoms with Crippen molar-refractivity contribution in [3.8, 4) is 5.75 Å². The predicted octanol–water partition coefficient (Wildman–Crippen LogP) is 6.48. The Balaban J connectivity index is 1.96. The molecule has 1 fully saturated rings. The standard InChI is InChI=1S/C26H42NO2/c1-7-25(3,4)20-16-17-23(22(19-20)26(5,6)8-2)29-18-12-15-24(28)27-21-13-10-9-11-14-21/h10,16-17,19,21H,7-9,11-15,18H2,1-6H3,(H,27,28). The SMILES string of the molecule is CCC(C)(C)c1ccc(OCCCC(=O)NC2C[CH]CCC2)c(C(C)(C)CC)c1. The summed E-state index contributed by atoms with van der Waals surface area (Å²) < 4.78 is 6.18. The summed E-state index contributed by atoms with van der Waals surface area (Å²) in [6, 6.07) is 7.02. The maximum absolute atomic E-state index is 12.2. The van der Waals surface area contributed by atoms with E-state index >= 15 is 0 Å². The Bertz CT molecular complexity index is 657. The van der Waals surface area contributed by atoms with Gasteiger partial charge in [-0.15, -0.1) is 0 Å². The molecular formula is C26H42NO2. The van der Waals surface area contributed by atoms with Gasteiger partial charge in [0, 0.05) is 18.0 Å². The van der Waals surface area contributed by atoms with Gasteiger partial charge in [-0.2, -0.15) is 0 Å². The number of ether oxygens (including phenoxy) is 1. The molecule has 1 N–H and O–H groups in total. The van der Waals surface area contributed by atoms with E-state index in [0.717, 1.165) is 37.9 Å². The summed E-state index contributed by atoms with van der Waals surface area (Å²) >= 11 is 0. The lowest BCUT2D eigenvalue weighted by Crippen LogP contribution is -2.36. The number of hydrogen-bond donors (Lipinski definition) is 1. The average molecular weight is 401 g/mol. The Morgan fingerprint density at radius 2 is 1.86 bits per heavy atom. The number of carbonyl (C=O) groups is 1. The van der Waals surface area contributed by atoms with Gasteiger partial charge in [0.1, 0.15) is 5.75 Å². The monoisotopic (exact) mass is 400 g/mol. The van der Waals surface area contributed by atoms with Gasteiger partial charge in [-0.05, 0) is 61.0 Å². The number of carbonyl (C=O) groups excluding carboxylic acids is 1. The Kier molecular flexibility index (Phi) is 8.60. The number of rotatable bonds is 10. The number of nitrogens with one attached hydrogen (secondary N) is 1. The van der Waals surface area contributed by atoms with Crippen LogP contribution in [-0.2, 0) is 15.6 Å². The molecule has 0 aliphatic heterocycles. The third-order valence-corrected chi connectivity index (χ3v) is 6.84. The van der Waals surface area contributed by atoms with Gasteiger partial charge in [0.05, 0.1) is 6.61 Å². The van der Waals surface area contributed by atoms with Gasteiger partial charge in [0.2, 0.25) is 5.91 Å². The Morgan fingerprint density at radius 1 is 1.14 bits per heavy atom. The maximum atomic E-state index is 12.2. The lowest BCUT2D eigenvalue weighted by Gasteiger charge is -2.30. The van der Waals surface area contributed by atoms with Crippen LogP contribution in [0.5, 0.6) is 5.75 Å². The van der Waals surface area contributed by atoms with E-state index in [1.807, 2.05) is 0 Å². The van der Waals surface area contributed by atoms with Crippen molar-refractivity contribution in [3.63, 3.8) is 0 Å². The van der Waals surface area contributed by atoms with Gasteiger partial charge in [-0.1, -0.05) is 66.5 Å². The molecule has 0 heterocycles. The highest BCUT2D eigenvalue weighted by molar-refractivity contribution is 5.76. The molecule has 1 aliphatic rings. The smallest absolute Gasteiger partial charge is 0.220 e. The van der Waals surface area contributed by atoms with Crippen LogP contribution >= 0.6 is 0 Å². The summed E-state index contributed by atoms with van der Waals surface area (Å²) in [5, 5.41) is 3.17. The van der Waals surface area contributed by atoms with Crippen molar-refractivity contribution in [3.05, 3.63) is 35.7 Å². The van der Waals surface area contributed by atoms with Crippen LogP contribution in [0.3, 0.4) is 0 Å². The average Bonchev–Trinajstić information content (AvgIpc) is 2.71. The first-order valence-electron chi connectivity index (χ1n) is 11.6. The largest absolute Gasteiger partial charge is 0.493 e. The van der Waals surface area contributed by atoms with Gasteiger partial charge < -0.3 is 10.1 Å². The molecule has 3 heteroatoms. The number of hydrogen-bond acceptors (Lipinski definition) is 2. The topological polar surface area (TPSA) is 38.3 Å². The van der Waals surface area contributed by atoms with Crippen LogP contribution in [0, 0.1) is 6.42 Å². The fourth-order valence-corrected chi connectivity index (χ4v) is 3.79. The van der Waals surface area contributed by atoms with Crippen LogP contribution < -0.4 is 10.1 Å². The maximum Gasteiger partial charge on any atom is 0.220 e. The third kappa shape index (κ3) is 6.76. The Labute approximate surface area is 179 Å². The molecule has 29 heavy (non-hydrogen) atoms. The number of amides is 1. The zero-order valence-electron chi connectivity index (χ0n) is 19.6. The van der Waals surface area contributed by atoms with Crippen molar-refractivity contribution in [1.82, 2.24) is 5.32 Å². The van der Waals surface area contributed by atoms with E-state index in [1.165, 1.54) is 24.0 Å². The molecule has 163 valence electrons. The molecule has 1 aliphatic carbocycles. The summed E-state index contributed by atoms with van der Waals surface area (Å²) in [6.45, 7) is 14.2. The molecule has 1 radical (unpaired) electrons. The van der Waals surface area contributed by atoms with E-state index in [4.69, 9.17) is 4.74 Å². The minimum absolute atomic E-state index is 0.0595. The van der Waals surface area contributed by atoms with Crippen molar-refractivity contribution in [2.45, 2.75) is 110 Å². The van der Waals surface area contributed by atoms with Crippen LogP contribution in [0.25, 0.3) is 0 Å². The van der Waals surface area contributed by atoms with E-state index in [9.17, 15) is 4.79 Å². The fraction of sp³-hybridized carbons (Fsp3) is 0.692. The minimum atomic E-state index is 0.0595. The van der Waals surface area contributed by atoms with Crippen LogP contribution in [0.1, 0.15) is 104 Å². The zero-order valence-corrected chi connectivity index (χ0v) is 19.6. The first-order chi connectivity index (χ1) is 13.7. The molecule has 1 unspecified atom stereocenters. The molecule has 1 saturated carbocycles. The Morgan fingerprint density at radius 3 is 2.48 bits per heavy atom. The second-order valence-corrected chi connectivity index (χ2v) is 9.86. The first-order valence-corrected chi connectivity index (χ1v) is 11.6. The van der Waals surface area contributed by atoms with E-state index in [0.29, 0.717) is 19.1 Å². The highest BCUT2D eigenvalue weighted by atomic mass is 16.5. The van der Waals surface area contributed by atoms with Gasteiger partial charge in [-0.25, -0.2) is 0 Å². The van der Waals surface area contributed by atoms with Crippen LogP contribution in [0.15, 0.2) is 18.2 Å². The normalized spacial score (nSPS) is 15.9. The molecule has 2 rings (SSSR count). The summed E-state index contributed by atoms with van der Waals surface area (Å²) in [4.78, 5) is 12.2. The highest BCUT2D eigenvalue weighted by Gasteiger charge is 2.26. The highest BCUT2D eigenvalue weighted by Crippen LogP contribution is 2.38. The minimum Gasteiger partial charge on any atom is -0.493 e. The molecular weight excluding hydrogens is 358 g/mol. The van der Waals surface area contributed by atoms with E-state index < -0.39 is 0 Å². The lowest BCUT2D eigenvalue weighted by atomic mass is 9.76. The van der Waals surface area contributed by atoms with Crippen molar-refractivity contribution < 1.29 is 9.53 Å². The van der Waals surface area contributed by atoms with Gasteiger partial charge >= 0.3 is 0 Å². The predicted molar refractivity (Wildman–Crippen MR) is 123 cm³/mol. The quantitative estimate of drug-likeness (QED) is 0.456. The zero-order chi connectivity index (χ0) is 21.5. The van der Waals surface area contributed by atoms with E-state index in [-0.39, 0.29) is 16.7 Å². The molecule has 0 aromatic heterocycles. The lowest BCUT2D eigenvalue weighted by molar-refractivity contribution is -0.122. The summed E-state index contributed by atoms with van der Waals surface area (Å²) in [7, 11) is 0. The fourth-order valence-electron chi connectivity index (χ4n) is 3.79. The summed E-state index contributed by atoms with van der Waals surface area (Å²) in [5.41, 5.74) is 2.87. The first kappa shape index (κ1) is 23.8. The van der Waals surface area contributed by atoms with Crippen molar-refractivity contribution in [2.24, 2.45) is 0 Å². The molecule has 0 spiro atoms. The molecule has 3 nitrogen and oxygen atoms in total. The van der Waals surface area contributed by atoms with Crippen LogP contribution in [0.2, 0.25) is 0 Å². The molecule has 0 saturated heterocycles. The molecule has 0 bridgehead atoms. The number of benzene rings is 1. The van der Waals surface area contributed by atoms with Gasteiger partial charge in [0.25, 0.3) is 0 Å². The molecule has 1 atom stereocenters. The van der Waals surface area contributed by atoms with Crippen molar-refractivity contribution in [2.75, 3.05) is 6.61 Å². The molecule has 1 amide bonds. The second kappa shape index (κ2) is 10.5. The van der Waals surface area contributed by atoms with Gasteiger partial charge in [-0.3, -0.25) is 4.79 Å². The summed E-state index contributed by atoms with van der Waals surface area (Å²) in [6.07, 6.45) is 10.2. The third-order valence-electron chi connectivity index (χ3n) is 6.84. The summed E-state index contributed by atoms with van der Waals surface area (Å²) in [5.74, 6) is 1.12.